The summed E-state index contributed by atoms with van der Waals surface area (Å²) in [6.07, 6.45) is 0.552. The Bertz CT molecular complexity index is 439. The third-order valence-electron chi connectivity index (χ3n) is 3.17. The Labute approximate surface area is 107 Å². The lowest BCUT2D eigenvalue weighted by Crippen LogP contribution is -2.50. The quantitative estimate of drug-likeness (QED) is 0.875. The molecule has 1 aromatic rings. The van der Waals surface area contributed by atoms with Crippen LogP contribution in [0.1, 0.15) is 12.0 Å². The second kappa shape index (κ2) is 5.39. The fourth-order valence-electron chi connectivity index (χ4n) is 2.23. The van der Waals surface area contributed by atoms with Crippen molar-refractivity contribution in [1.29, 1.82) is 5.26 Å². The van der Waals surface area contributed by atoms with Gasteiger partial charge in [-0.25, -0.2) is 0 Å². The van der Waals surface area contributed by atoms with Gasteiger partial charge in [0.15, 0.2) is 0 Å². The Balaban J connectivity index is 2.17. The number of nitrogens with one attached hydrogen (secondary N) is 1. The molecule has 4 heteroatoms. The minimum Gasteiger partial charge on any atom is -0.368 e. The number of halogens is 1. The van der Waals surface area contributed by atoms with Crippen LogP contribution in [0.5, 0.6) is 0 Å². The largest absolute Gasteiger partial charge is 0.368 e. The molecule has 0 spiro atoms. The highest BCUT2D eigenvalue weighted by Crippen LogP contribution is 2.27. The first-order valence-electron chi connectivity index (χ1n) is 5.82. The lowest BCUT2D eigenvalue weighted by Gasteiger charge is -2.35. The van der Waals surface area contributed by atoms with Crippen molar-refractivity contribution >= 4 is 17.3 Å². The maximum atomic E-state index is 8.74. The topological polar surface area (TPSA) is 39.1 Å². The summed E-state index contributed by atoms with van der Waals surface area (Å²) in [6.45, 7) is 4.79. The molecule has 1 unspecified atom stereocenters. The van der Waals surface area contributed by atoms with E-state index in [-0.39, 0.29) is 6.04 Å². The van der Waals surface area contributed by atoms with Gasteiger partial charge in [0.1, 0.15) is 0 Å². The van der Waals surface area contributed by atoms with Crippen molar-refractivity contribution in [2.75, 3.05) is 24.5 Å². The van der Waals surface area contributed by atoms with Crippen LogP contribution in [0.2, 0.25) is 5.02 Å². The van der Waals surface area contributed by atoms with Crippen LogP contribution in [0.3, 0.4) is 0 Å². The Morgan fingerprint density at radius 2 is 2.41 bits per heavy atom. The third-order valence-corrected chi connectivity index (χ3v) is 3.58. The Hall–Kier alpha value is -1.24. The Morgan fingerprint density at radius 3 is 3.18 bits per heavy atom. The lowest BCUT2D eigenvalue weighted by atomic mass is 10.1. The third kappa shape index (κ3) is 2.71. The first-order chi connectivity index (χ1) is 8.22. The van der Waals surface area contributed by atoms with Gasteiger partial charge in [0, 0.05) is 36.4 Å². The van der Waals surface area contributed by atoms with E-state index in [0.29, 0.717) is 6.42 Å². The molecular formula is C13H16ClN3. The molecule has 1 saturated heterocycles. The molecule has 0 radical (unpaired) electrons. The van der Waals surface area contributed by atoms with Crippen molar-refractivity contribution in [3.05, 3.63) is 28.8 Å². The molecule has 1 N–H and O–H groups in total. The van der Waals surface area contributed by atoms with Gasteiger partial charge in [-0.1, -0.05) is 17.7 Å². The van der Waals surface area contributed by atoms with Crippen LogP contribution in [-0.2, 0) is 0 Å². The van der Waals surface area contributed by atoms with E-state index in [1.165, 1.54) is 5.69 Å². The molecule has 1 atom stereocenters. The van der Waals surface area contributed by atoms with Crippen LogP contribution in [-0.4, -0.2) is 25.7 Å². The van der Waals surface area contributed by atoms with Crippen LogP contribution >= 0.6 is 11.6 Å². The summed E-state index contributed by atoms with van der Waals surface area (Å²) in [6, 6.07) is 8.46. The van der Waals surface area contributed by atoms with Crippen LogP contribution < -0.4 is 10.2 Å². The predicted molar refractivity (Wildman–Crippen MR) is 70.4 cm³/mol. The van der Waals surface area contributed by atoms with Crippen molar-refractivity contribution < 1.29 is 0 Å². The number of hydrogen-bond acceptors (Lipinski definition) is 3. The zero-order valence-electron chi connectivity index (χ0n) is 9.91. The Kier molecular flexibility index (Phi) is 3.88. The summed E-state index contributed by atoms with van der Waals surface area (Å²) in [5.74, 6) is 0. The SMILES string of the molecule is Cc1c(Cl)cccc1N1CCNC(CC#N)C1. The molecule has 1 aliphatic rings. The molecular weight excluding hydrogens is 234 g/mol. The maximum Gasteiger partial charge on any atom is 0.0638 e. The maximum absolute atomic E-state index is 8.74. The zero-order chi connectivity index (χ0) is 12.3. The molecule has 17 heavy (non-hydrogen) atoms. The fraction of sp³-hybridized carbons (Fsp3) is 0.462. The molecule has 2 rings (SSSR count). The highest BCUT2D eigenvalue weighted by molar-refractivity contribution is 6.31. The van der Waals surface area contributed by atoms with E-state index in [1.54, 1.807) is 0 Å². The number of nitrogens with zero attached hydrogens (tertiary/aromatic N) is 2. The number of benzene rings is 1. The minimum atomic E-state index is 0.257. The molecule has 1 aromatic carbocycles. The molecule has 1 fully saturated rings. The van der Waals surface area contributed by atoms with E-state index in [0.717, 1.165) is 30.2 Å². The number of anilines is 1. The van der Waals surface area contributed by atoms with E-state index in [1.807, 2.05) is 19.1 Å². The fourth-order valence-corrected chi connectivity index (χ4v) is 2.40. The smallest absolute Gasteiger partial charge is 0.0638 e. The van der Waals surface area contributed by atoms with Crippen molar-refractivity contribution in [2.45, 2.75) is 19.4 Å². The predicted octanol–water partition coefficient (Wildman–Crippen LogP) is 2.34. The van der Waals surface area contributed by atoms with Gasteiger partial charge in [0.2, 0.25) is 0 Å². The summed E-state index contributed by atoms with van der Waals surface area (Å²) in [5.41, 5.74) is 2.30. The average Bonchev–Trinajstić information content (AvgIpc) is 2.33. The molecule has 1 heterocycles. The minimum absolute atomic E-state index is 0.257. The van der Waals surface area contributed by atoms with E-state index in [2.05, 4.69) is 22.4 Å². The molecule has 0 saturated carbocycles. The molecule has 0 bridgehead atoms. The molecule has 3 nitrogen and oxygen atoms in total. The van der Waals surface area contributed by atoms with Gasteiger partial charge in [0.05, 0.1) is 12.5 Å². The molecule has 90 valence electrons. The lowest BCUT2D eigenvalue weighted by molar-refractivity contribution is 0.462. The molecule has 0 aromatic heterocycles. The van der Waals surface area contributed by atoms with Gasteiger partial charge in [-0.3, -0.25) is 0 Å². The van der Waals surface area contributed by atoms with Gasteiger partial charge in [-0.05, 0) is 24.6 Å². The Morgan fingerprint density at radius 1 is 1.59 bits per heavy atom. The molecule has 1 aliphatic heterocycles. The van der Waals surface area contributed by atoms with Gasteiger partial charge in [-0.15, -0.1) is 0 Å². The van der Waals surface area contributed by atoms with Crippen LogP contribution in [0.15, 0.2) is 18.2 Å². The molecule has 0 amide bonds. The van der Waals surface area contributed by atoms with E-state index in [4.69, 9.17) is 16.9 Å². The first-order valence-corrected chi connectivity index (χ1v) is 6.20. The number of piperazine rings is 1. The number of nitriles is 1. The van der Waals surface area contributed by atoms with Crippen LogP contribution in [0, 0.1) is 18.3 Å². The number of rotatable bonds is 2. The highest BCUT2D eigenvalue weighted by atomic mass is 35.5. The second-order valence-electron chi connectivity index (χ2n) is 4.34. The van der Waals surface area contributed by atoms with Crippen molar-refractivity contribution in [2.24, 2.45) is 0 Å². The van der Waals surface area contributed by atoms with Gasteiger partial charge in [-0.2, -0.15) is 5.26 Å². The summed E-state index contributed by atoms with van der Waals surface area (Å²) >= 11 is 6.14. The molecule has 0 aliphatic carbocycles. The zero-order valence-corrected chi connectivity index (χ0v) is 10.7. The second-order valence-corrected chi connectivity index (χ2v) is 4.75. The standard InChI is InChI=1S/C13H16ClN3/c1-10-12(14)3-2-4-13(10)17-8-7-16-11(9-17)5-6-15/h2-4,11,16H,5,7-9H2,1H3. The van der Waals surface area contributed by atoms with E-state index >= 15 is 0 Å². The highest BCUT2D eigenvalue weighted by Gasteiger charge is 2.20. The van der Waals surface area contributed by atoms with Crippen molar-refractivity contribution in [1.82, 2.24) is 5.32 Å². The van der Waals surface area contributed by atoms with Crippen LogP contribution in [0.4, 0.5) is 5.69 Å². The monoisotopic (exact) mass is 249 g/mol. The summed E-state index contributed by atoms with van der Waals surface area (Å²) in [7, 11) is 0. The van der Waals surface area contributed by atoms with Crippen molar-refractivity contribution in [3.63, 3.8) is 0 Å². The van der Waals surface area contributed by atoms with E-state index < -0.39 is 0 Å². The van der Waals surface area contributed by atoms with E-state index in [9.17, 15) is 0 Å². The van der Waals surface area contributed by atoms with Gasteiger partial charge >= 0.3 is 0 Å². The summed E-state index contributed by atoms with van der Waals surface area (Å²) in [4.78, 5) is 2.31. The number of hydrogen-bond donors (Lipinski definition) is 1. The van der Waals surface area contributed by atoms with Gasteiger partial charge in [0.25, 0.3) is 0 Å². The summed E-state index contributed by atoms with van der Waals surface area (Å²) < 4.78 is 0. The average molecular weight is 250 g/mol. The first kappa shape index (κ1) is 12.2. The van der Waals surface area contributed by atoms with Crippen molar-refractivity contribution in [3.8, 4) is 6.07 Å². The van der Waals surface area contributed by atoms with Crippen LogP contribution in [0.25, 0.3) is 0 Å². The summed E-state index contributed by atoms with van der Waals surface area (Å²) in [5, 5.41) is 12.9. The van der Waals surface area contributed by atoms with Gasteiger partial charge < -0.3 is 10.2 Å². The normalized spacial score (nSPS) is 20.1.